The second-order valence-corrected chi connectivity index (χ2v) is 9.13. The van der Waals surface area contributed by atoms with E-state index < -0.39 is 0 Å². The van der Waals surface area contributed by atoms with Gasteiger partial charge in [0.15, 0.2) is 5.65 Å². The van der Waals surface area contributed by atoms with E-state index in [9.17, 15) is 9.59 Å². The van der Waals surface area contributed by atoms with E-state index in [2.05, 4.69) is 25.3 Å². The van der Waals surface area contributed by atoms with Crippen LogP contribution in [0.4, 0.5) is 5.95 Å². The molecule has 1 aliphatic heterocycles. The molecule has 0 bridgehead atoms. The van der Waals surface area contributed by atoms with Crippen LogP contribution in [-0.2, 0) is 26.4 Å². The first-order valence-electron chi connectivity index (χ1n) is 12.0. The smallest absolute Gasteiger partial charge is 0.267 e. The minimum atomic E-state index is -0.103. The first-order valence-corrected chi connectivity index (χ1v) is 12.0. The largest absolute Gasteiger partial charge is 0.354 e. The summed E-state index contributed by atoms with van der Waals surface area (Å²) >= 11 is 0. The van der Waals surface area contributed by atoms with Gasteiger partial charge in [-0.3, -0.25) is 19.1 Å². The quantitative estimate of drug-likeness (QED) is 0.612. The molecular weight excluding hydrogens is 418 g/mol. The maximum atomic E-state index is 12.7. The lowest BCUT2D eigenvalue weighted by Gasteiger charge is -2.36. The van der Waals surface area contributed by atoms with Gasteiger partial charge >= 0.3 is 0 Å². The Kier molecular flexibility index (Phi) is 6.22. The first kappa shape index (κ1) is 21.8. The third-order valence-corrected chi connectivity index (χ3v) is 6.97. The minimum absolute atomic E-state index is 0.00481. The zero-order valence-electron chi connectivity index (χ0n) is 19.2. The Balaban J connectivity index is 1.27. The van der Waals surface area contributed by atoms with E-state index in [4.69, 9.17) is 0 Å². The van der Waals surface area contributed by atoms with Gasteiger partial charge in [-0.05, 0) is 62.8 Å². The third kappa shape index (κ3) is 4.55. The van der Waals surface area contributed by atoms with Crippen molar-refractivity contribution in [3.63, 3.8) is 0 Å². The van der Waals surface area contributed by atoms with Crippen molar-refractivity contribution in [3.05, 3.63) is 56.4 Å². The lowest BCUT2D eigenvalue weighted by molar-refractivity contribution is 0.147. The zero-order chi connectivity index (χ0) is 22.8. The molecular formula is C24H31N7O2. The predicted molar refractivity (Wildman–Crippen MR) is 128 cm³/mol. The number of fused-ring (bicyclic) bond motifs is 2. The Bertz CT molecular complexity index is 1270. The van der Waals surface area contributed by atoms with Crippen LogP contribution in [0.5, 0.6) is 0 Å². The van der Waals surface area contributed by atoms with Crippen LogP contribution < -0.4 is 16.4 Å². The number of anilines is 1. The number of rotatable bonds is 6. The van der Waals surface area contributed by atoms with Crippen molar-refractivity contribution in [3.8, 4) is 0 Å². The van der Waals surface area contributed by atoms with Crippen LogP contribution in [0.25, 0.3) is 11.0 Å². The molecule has 1 fully saturated rings. The molecule has 9 nitrogen and oxygen atoms in total. The van der Waals surface area contributed by atoms with Crippen molar-refractivity contribution in [1.29, 1.82) is 0 Å². The van der Waals surface area contributed by atoms with Gasteiger partial charge in [-0.15, -0.1) is 0 Å². The first-order chi connectivity index (χ1) is 16.1. The predicted octanol–water partition coefficient (Wildman–Crippen LogP) is 1.73. The van der Waals surface area contributed by atoms with Gasteiger partial charge in [0, 0.05) is 38.4 Å². The summed E-state index contributed by atoms with van der Waals surface area (Å²) in [5.74, 6) is 0.532. The molecule has 174 valence electrons. The van der Waals surface area contributed by atoms with Crippen LogP contribution in [-0.4, -0.2) is 54.9 Å². The number of piperidine rings is 1. The van der Waals surface area contributed by atoms with Gasteiger partial charge in [0.2, 0.25) is 5.95 Å². The molecule has 5 rings (SSSR count). The van der Waals surface area contributed by atoms with E-state index in [1.54, 1.807) is 40.7 Å². The van der Waals surface area contributed by atoms with Crippen molar-refractivity contribution in [2.45, 2.75) is 57.5 Å². The Morgan fingerprint density at radius 3 is 2.91 bits per heavy atom. The topological polar surface area (TPSA) is 97.9 Å². The van der Waals surface area contributed by atoms with Crippen molar-refractivity contribution in [2.75, 3.05) is 25.0 Å². The molecule has 1 saturated heterocycles. The van der Waals surface area contributed by atoms with E-state index in [0.29, 0.717) is 36.1 Å². The van der Waals surface area contributed by atoms with Gasteiger partial charge in [-0.2, -0.15) is 10.1 Å². The fourth-order valence-electron chi connectivity index (χ4n) is 5.04. The molecule has 0 saturated carbocycles. The van der Waals surface area contributed by atoms with E-state index in [1.807, 2.05) is 0 Å². The van der Waals surface area contributed by atoms with Gasteiger partial charge in [0.1, 0.15) is 0 Å². The molecule has 2 aliphatic rings. The number of pyridine rings is 1. The average molecular weight is 450 g/mol. The monoisotopic (exact) mass is 449 g/mol. The molecule has 0 amide bonds. The van der Waals surface area contributed by atoms with Crippen molar-refractivity contribution in [1.82, 2.24) is 29.2 Å². The normalized spacial score (nSPS) is 18.9. The number of aromatic nitrogens is 5. The molecule has 3 aromatic rings. The number of aryl methyl sites for hydroxylation is 2. The summed E-state index contributed by atoms with van der Waals surface area (Å²) in [6.07, 6.45) is 9.28. The summed E-state index contributed by atoms with van der Waals surface area (Å²) in [6.45, 7) is 3.06. The number of hydrogen-bond acceptors (Lipinski definition) is 7. The van der Waals surface area contributed by atoms with Crippen LogP contribution in [0.1, 0.15) is 43.4 Å². The number of likely N-dealkylation sites (tertiary alicyclic amines) is 1. The highest BCUT2D eigenvalue weighted by Gasteiger charge is 2.23. The van der Waals surface area contributed by atoms with Gasteiger partial charge < -0.3 is 5.32 Å². The molecule has 1 aliphatic carbocycles. The summed E-state index contributed by atoms with van der Waals surface area (Å²) in [5, 5.41) is 8.58. The number of nitrogens with zero attached hydrogens (tertiary/aromatic N) is 6. The number of hydrogen-bond donors (Lipinski definition) is 1. The molecule has 4 heterocycles. The molecule has 0 spiro atoms. The minimum Gasteiger partial charge on any atom is -0.354 e. The van der Waals surface area contributed by atoms with Crippen LogP contribution in [0.15, 0.2) is 34.0 Å². The molecule has 9 heteroatoms. The fraction of sp³-hybridized carbons (Fsp3) is 0.542. The summed E-state index contributed by atoms with van der Waals surface area (Å²) < 4.78 is 3.19. The lowest BCUT2D eigenvalue weighted by atomic mass is 9.97. The van der Waals surface area contributed by atoms with Crippen LogP contribution in [0.3, 0.4) is 0 Å². The third-order valence-electron chi connectivity index (χ3n) is 6.97. The molecule has 3 aromatic heterocycles. The Hall–Kier alpha value is -3.07. The highest BCUT2D eigenvalue weighted by atomic mass is 16.1. The second kappa shape index (κ2) is 9.43. The summed E-state index contributed by atoms with van der Waals surface area (Å²) in [4.78, 5) is 36.4. The Morgan fingerprint density at radius 2 is 2.00 bits per heavy atom. The van der Waals surface area contributed by atoms with Crippen molar-refractivity contribution < 1.29 is 0 Å². The van der Waals surface area contributed by atoms with Crippen LogP contribution in [0.2, 0.25) is 0 Å². The second-order valence-electron chi connectivity index (χ2n) is 9.13. The van der Waals surface area contributed by atoms with Crippen LogP contribution in [0, 0.1) is 0 Å². The van der Waals surface area contributed by atoms with E-state index in [0.717, 1.165) is 62.9 Å². The lowest BCUT2D eigenvalue weighted by Crippen LogP contribution is -2.46. The van der Waals surface area contributed by atoms with Gasteiger partial charge in [0.25, 0.3) is 11.1 Å². The highest BCUT2D eigenvalue weighted by Crippen LogP contribution is 2.19. The summed E-state index contributed by atoms with van der Waals surface area (Å²) in [7, 11) is 1.73. The average Bonchev–Trinajstić information content (AvgIpc) is 2.84. The molecule has 1 unspecified atom stereocenters. The summed E-state index contributed by atoms with van der Waals surface area (Å²) in [6, 6.07) is 5.60. The van der Waals surface area contributed by atoms with Crippen molar-refractivity contribution in [2.24, 2.45) is 7.05 Å². The molecule has 0 radical (unpaired) electrons. The maximum Gasteiger partial charge on any atom is 0.267 e. The van der Waals surface area contributed by atoms with Gasteiger partial charge in [-0.1, -0.05) is 6.42 Å². The number of nitrogens with one attached hydrogen (secondary N) is 1. The zero-order valence-corrected chi connectivity index (χ0v) is 19.2. The van der Waals surface area contributed by atoms with Crippen LogP contribution >= 0.6 is 0 Å². The molecule has 1 N–H and O–H groups in total. The molecule has 1 atom stereocenters. The van der Waals surface area contributed by atoms with E-state index in [1.165, 1.54) is 6.42 Å². The van der Waals surface area contributed by atoms with E-state index >= 15 is 0 Å². The fourth-order valence-corrected chi connectivity index (χ4v) is 5.04. The SMILES string of the molecule is Cn1c(NCC2CCCCN2CCn2nc3c(cc2=O)CCCC3)nc2ncccc2c1=O. The molecule has 0 aromatic carbocycles. The van der Waals surface area contributed by atoms with E-state index in [-0.39, 0.29) is 11.1 Å². The van der Waals surface area contributed by atoms with Crippen molar-refractivity contribution >= 4 is 17.0 Å². The summed E-state index contributed by atoms with van der Waals surface area (Å²) in [5.41, 5.74) is 2.58. The molecule has 33 heavy (non-hydrogen) atoms. The highest BCUT2D eigenvalue weighted by molar-refractivity contribution is 5.74. The standard InChI is InChI=1S/C24H31N7O2/c1-29-23(33)19-9-6-11-25-22(19)27-24(29)26-16-18-8-4-5-12-30(18)13-14-31-21(32)15-17-7-2-3-10-20(17)28-31/h6,9,11,15,18H,2-5,7-8,10,12-14,16H2,1H3,(H,25,26,27). The van der Waals surface area contributed by atoms with Gasteiger partial charge in [-0.25, -0.2) is 9.67 Å². The Morgan fingerprint density at radius 1 is 1.12 bits per heavy atom. The van der Waals surface area contributed by atoms with Gasteiger partial charge in [0.05, 0.1) is 17.6 Å². The Labute approximate surface area is 192 Å². The maximum absolute atomic E-state index is 12.7.